The zero-order chi connectivity index (χ0) is 25.4. The lowest BCUT2D eigenvalue weighted by molar-refractivity contribution is -0.126. The number of nitriles is 1. The molecule has 1 aromatic heterocycles. The highest BCUT2D eigenvalue weighted by Gasteiger charge is 2.49. The molecule has 3 amide bonds. The van der Waals surface area contributed by atoms with Crippen LogP contribution in [0.15, 0.2) is 18.2 Å². The number of carbonyl (C=O) groups is 3. The van der Waals surface area contributed by atoms with Gasteiger partial charge in [0.2, 0.25) is 11.8 Å². The number of hydrogen-bond acceptors (Lipinski definition) is 4. The summed E-state index contributed by atoms with van der Waals surface area (Å²) in [6.45, 7) is 1.08. The maximum absolute atomic E-state index is 13.8. The summed E-state index contributed by atoms with van der Waals surface area (Å²) in [4.78, 5) is 44.0. The number of H-pyrrole nitrogens is 1. The van der Waals surface area contributed by atoms with Gasteiger partial charge < -0.3 is 20.5 Å². The van der Waals surface area contributed by atoms with Crippen LogP contribution in [0.4, 0.5) is 0 Å². The number of nitrogens with zero attached hydrogens (tertiary/aromatic N) is 2. The van der Waals surface area contributed by atoms with E-state index in [0.29, 0.717) is 47.2 Å². The van der Waals surface area contributed by atoms with E-state index in [4.69, 9.17) is 23.2 Å². The summed E-state index contributed by atoms with van der Waals surface area (Å²) in [6, 6.07) is 5.87. The third-order valence-corrected chi connectivity index (χ3v) is 8.86. The fourth-order valence-electron chi connectivity index (χ4n) is 6.14. The highest BCUT2D eigenvalue weighted by Crippen LogP contribution is 2.47. The molecule has 8 nitrogen and oxygen atoms in total. The Bertz CT molecular complexity index is 1250. The van der Waals surface area contributed by atoms with Crippen molar-refractivity contribution in [3.05, 3.63) is 33.9 Å². The maximum Gasteiger partial charge on any atom is 0.271 e. The lowest BCUT2D eigenvalue weighted by Gasteiger charge is -2.32. The summed E-state index contributed by atoms with van der Waals surface area (Å²) >= 11 is 12.5. The number of aromatic nitrogens is 1. The van der Waals surface area contributed by atoms with Crippen LogP contribution in [0.25, 0.3) is 10.9 Å². The molecular formula is C26H29Cl2N5O3. The molecule has 190 valence electrons. The molecule has 1 aliphatic carbocycles. The molecular weight excluding hydrogens is 501 g/mol. The number of rotatable bonds is 5. The van der Waals surface area contributed by atoms with Gasteiger partial charge in [-0.3, -0.25) is 14.4 Å². The third kappa shape index (κ3) is 4.67. The van der Waals surface area contributed by atoms with Crippen molar-refractivity contribution in [2.24, 2.45) is 11.3 Å². The van der Waals surface area contributed by atoms with Crippen LogP contribution in [-0.2, 0) is 9.59 Å². The number of fused-ring (bicyclic) bond motifs is 1. The summed E-state index contributed by atoms with van der Waals surface area (Å²) < 4.78 is 0. The molecule has 1 unspecified atom stereocenters. The number of halogens is 2. The SMILES string of the molecule is N#C[C@H](C[C@@H]1CCNC1=O)NC(=O)C1CC2(CCCCC2)CN1C(=O)c1cc2ccc(Cl)c(Cl)c2[nH]1. The quantitative estimate of drug-likeness (QED) is 0.538. The first kappa shape index (κ1) is 24.9. The van der Waals surface area contributed by atoms with Gasteiger partial charge in [0, 0.05) is 24.4 Å². The zero-order valence-electron chi connectivity index (χ0n) is 19.9. The van der Waals surface area contributed by atoms with Crippen molar-refractivity contribution >= 4 is 51.8 Å². The second-order valence-corrected chi connectivity index (χ2v) is 11.2. The van der Waals surface area contributed by atoms with Gasteiger partial charge in [-0.25, -0.2) is 0 Å². The van der Waals surface area contributed by atoms with Crippen molar-refractivity contribution in [2.75, 3.05) is 13.1 Å². The average molecular weight is 530 g/mol. The largest absolute Gasteiger partial charge is 0.356 e. The van der Waals surface area contributed by atoms with E-state index in [9.17, 15) is 19.6 Å². The molecule has 0 radical (unpaired) electrons. The van der Waals surface area contributed by atoms with Gasteiger partial charge in [-0.2, -0.15) is 5.26 Å². The zero-order valence-corrected chi connectivity index (χ0v) is 21.4. The van der Waals surface area contributed by atoms with Crippen molar-refractivity contribution < 1.29 is 14.4 Å². The van der Waals surface area contributed by atoms with Crippen LogP contribution in [-0.4, -0.2) is 52.8 Å². The molecule has 1 aromatic carbocycles. The van der Waals surface area contributed by atoms with E-state index < -0.39 is 12.1 Å². The minimum atomic E-state index is -0.791. The Morgan fingerprint density at radius 3 is 2.72 bits per heavy atom. The van der Waals surface area contributed by atoms with Crippen LogP contribution >= 0.6 is 23.2 Å². The summed E-state index contributed by atoms with van der Waals surface area (Å²) in [5.74, 6) is -0.984. The summed E-state index contributed by atoms with van der Waals surface area (Å²) in [5.41, 5.74) is 0.829. The molecule has 10 heteroatoms. The van der Waals surface area contributed by atoms with Crippen LogP contribution in [0.1, 0.15) is 61.9 Å². The Kier molecular flexibility index (Phi) is 6.88. The van der Waals surface area contributed by atoms with Gasteiger partial charge in [0.15, 0.2) is 0 Å². The van der Waals surface area contributed by atoms with E-state index in [2.05, 4.69) is 21.7 Å². The lowest BCUT2D eigenvalue weighted by atomic mass is 9.72. The second-order valence-electron chi connectivity index (χ2n) is 10.4. The van der Waals surface area contributed by atoms with Gasteiger partial charge in [-0.05, 0) is 49.7 Å². The van der Waals surface area contributed by atoms with Crippen molar-refractivity contribution in [1.29, 1.82) is 5.26 Å². The van der Waals surface area contributed by atoms with E-state index >= 15 is 0 Å². The lowest BCUT2D eigenvalue weighted by Crippen LogP contribution is -2.49. The number of likely N-dealkylation sites (tertiary alicyclic amines) is 1. The molecule has 1 spiro atoms. The van der Waals surface area contributed by atoms with Crippen LogP contribution in [0.5, 0.6) is 0 Å². The molecule has 2 saturated heterocycles. The Balaban J connectivity index is 1.39. The van der Waals surface area contributed by atoms with Crippen molar-refractivity contribution in [3.63, 3.8) is 0 Å². The first-order chi connectivity index (χ1) is 17.3. The number of nitrogens with one attached hydrogen (secondary N) is 3. The normalized spacial score (nSPS) is 24.0. The number of carbonyl (C=O) groups excluding carboxylic acids is 3. The Morgan fingerprint density at radius 2 is 2.03 bits per heavy atom. The summed E-state index contributed by atoms with van der Waals surface area (Å²) in [7, 11) is 0. The first-order valence-corrected chi connectivity index (χ1v) is 13.3. The van der Waals surface area contributed by atoms with Crippen molar-refractivity contribution in [2.45, 2.75) is 63.5 Å². The minimum Gasteiger partial charge on any atom is -0.356 e. The maximum atomic E-state index is 13.8. The molecule has 3 aliphatic rings. The van der Waals surface area contributed by atoms with Gasteiger partial charge >= 0.3 is 0 Å². The predicted octanol–water partition coefficient (Wildman–Crippen LogP) is 4.17. The third-order valence-electron chi connectivity index (χ3n) is 8.06. The van der Waals surface area contributed by atoms with E-state index in [1.54, 1.807) is 23.1 Å². The summed E-state index contributed by atoms with van der Waals surface area (Å²) in [6.07, 6.45) is 6.74. The molecule has 3 atom stereocenters. The number of aromatic amines is 1. The van der Waals surface area contributed by atoms with Crippen LogP contribution in [0.3, 0.4) is 0 Å². The van der Waals surface area contributed by atoms with Gasteiger partial charge in [-0.15, -0.1) is 0 Å². The van der Waals surface area contributed by atoms with Gasteiger partial charge in [-0.1, -0.05) is 48.5 Å². The van der Waals surface area contributed by atoms with Crippen molar-refractivity contribution in [1.82, 2.24) is 20.5 Å². The molecule has 3 N–H and O–H groups in total. The van der Waals surface area contributed by atoms with Crippen molar-refractivity contribution in [3.8, 4) is 6.07 Å². The van der Waals surface area contributed by atoms with Crippen LogP contribution < -0.4 is 10.6 Å². The molecule has 2 aliphatic heterocycles. The topological polar surface area (TPSA) is 118 Å². The fourth-order valence-corrected chi connectivity index (χ4v) is 6.52. The summed E-state index contributed by atoms with van der Waals surface area (Å²) in [5, 5.41) is 16.8. The van der Waals surface area contributed by atoms with E-state index in [0.717, 1.165) is 37.5 Å². The van der Waals surface area contributed by atoms with Crippen LogP contribution in [0.2, 0.25) is 10.0 Å². The number of benzene rings is 1. The van der Waals surface area contributed by atoms with Gasteiger partial charge in [0.05, 0.1) is 21.6 Å². The number of hydrogen-bond donors (Lipinski definition) is 3. The van der Waals surface area contributed by atoms with Gasteiger partial charge in [0.1, 0.15) is 17.8 Å². The Morgan fingerprint density at radius 1 is 1.25 bits per heavy atom. The molecule has 0 bridgehead atoms. The first-order valence-electron chi connectivity index (χ1n) is 12.6. The fraction of sp³-hybridized carbons (Fsp3) is 0.538. The second kappa shape index (κ2) is 9.95. The van der Waals surface area contributed by atoms with E-state index in [1.807, 2.05) is 0 Å². The molecule has 3 fully saturated rings. The molecule has 36 heavy (non-hydrogen) atoms. The molecule has 2 aromatic rings. The molecule has 3 heterocycles. The monoisotopic (exact) mass is 529 g/mol. The van der Waals surface area contributed by atoms with Gasteiger partial charge in [0.25, 0.3) is 5.91 Å². The van der Waals surface area contributed by atoms with E-state index in [-0.39, 0.29) is 35.5 Å². The smallest absolute Gasteiger partial charge is 0.271 e. The Hall–Kier alpha value is -2.76. The van der Waals surface area contributed by atoms with E-state index in [1.165, 1.54) is 0 Å². The highest BCUT2D eigenvalue weighted by atomic mass is 35.5. The van der Waals surface area contributed by atoms with Crippen LogP contribution in [0, 0.1) is 22.7 Å². The average Bonchev–Trinajstić information content (AvgIpc) is 3.59. The standard InChI is InChI=1S/C26H29Cl2N5O3/c27-18-5-4-15-11-19(32-22(15)21(18)28)25(36)33-14-26(7-2-1-3-8-26)12-20(33)24(35)31-17(13-29)10-16-6-9-30-23(16)34/h4-5,11,16-17,20,32H,1-3,6-10,12,14H2,(H,30,34)(H,31,35)/t16-,17-,20?/m0/s1. The number of amides is 3. The predicted molar refractivity (Wildman–Crippen MR) is 137 cm³/mol. The highest BCUT2D eigenvalue weighted by molar-refractivity contribution is 6.45. The Labute approximate surface area is 219 Å². The molecule has 1 saturated carbocycles. The molecule has 5 rings (SSSR count). The minimum absolute atomic E-state index is 0.0825.